The maximum atomic E-state index is 11.2. The lowest BCUT2D eigenvalue weighted by Crippen LogP contribution is -2.26. The lowest BCUT2D eigenvalue weighted by molar-refractivity contribution is 0.639. The van der Waals surface area contributed by atoms with Crippen LogP contribution in [0.2, 0.25) is 0 Å². The molecule has 0 aliphatic carbocycles. The van der Waals surface area contributed by atoms with Crippen molar-refractivity contribution < 1.29 is 4.21 Å². The molecule has 2 heteroatoms. The monoisotopic (exact) mass is 145 g/mol. The molecule has 2 atom stereocenters. The summed E-state index contributed by atoms with van der Waals surface area (Å²) in [7, 11) is -0.561. The first-order valence-electron chi connectivity index (χ1n) is 3.43. The van der Waals surface area contributed by atoms with E-state index in [2.05, 4.69) is 20.3 Å². The summed E-state index contributed by atoms with van der Waals surface area (Å²) < 4.78 is 11.2. The highest BCUT2D eigenvalue weighted by atomic mass is 32.2. The van der Waals surface area contributed by atoms with Crippen molar-refractivity contribution in [1.82, 2.24) is 0 Å². The van der Waals surface area contributed by atoms with Crippen LogP contribution in [0.25, 0.3) is 0 Å². The van der Waals surface area contributed by atoms with Crippen LogP contribution in [0.15, 0.2) is 0 Å². The summed E-state index contributed by atoms with van der Waals surface area (Å²) in [5, 5.41) is 0.794. The third kappa shape index (κ3) is 1.54. The van der Waals surface area contributed by atoms with Gasteiger partial charge in [0.2, 0.25) is 0 Å². The van der Waals surface area contributed by atoms with Crippen molar-refractivity contribution in [1.29, 1.82) is 0 Å². The molecular weight excluding hydrogens is 132 g/mol. The fraction of sp³-hybridized carbons (Fsp3) is 0.857. The van der Waals surface area contributed by atoms with E-state index in [-0.39, 0.29) is 0 Å². The van der Waals surface area contributed by atoms with Crippen molar-refractivity contribution in [3.8, 4) is 0 Å². The van der Waals surface area contributed by atoms with Gasteiger partial charge in [0.15, 0.2) is 0 Å². The molecule has 1 nitrogen and oxygen atoms in total. The molecule has 9 heavy (non-hydrogen) atoms. The molecule has 0 spiro atoms. The molecule has 0 aromatic carbocycles. The Hall–Kier alpha value is 0.150. The van der Waals surface area contributed by atoms with Gasteiger partial charge in [0.05, 0.1) is 0 Å². The Balaban J connectivity index is 2.52. The molecule has 1 rings (SSSR count). The quantitative estimate of drug-likeness (QED) is 0.472. The van der Waals surface area contributed by atoms with E-state index in [0.717, 1.165) is 12.8 Å². The third-order valence-electron chi connectivity index (χ3n) is 1.79. The Morgan fingerprint density at radius 1 is 1.33 bits per heavy atom. The van der Waals surface area contributed by atoms with Crippen LogP contribution in [0.5, 0.6) is 0 Å². The zero-order valence-corrected chi connectivity index (χ0v) is 6.78. The highest BCUT2D eigenvalue weighted by Crippen LogP contribution is 2.20. The van der Waals surface area contributed by atoms with E-state index in [1.807, 2.05) is 0 Å². The Morgan fingerprint density at radius 3 is 2.11 bits per heavy atom. The second kappa shape index (κ2) is 2.82. The van der Waals surface area contributed by atoms with Gasteiger partial charge >= 0.3 is 0 Å². The van der Waals surface area contributed by atoms with Gasteiger partial charge in [-0.2, -0.15) is 12.8 Å². The molecule has 1 fully saturated rings. The number of hydrogen-bond donors (Lipinski definition) is 0. The molecule has 0 amide bonds. The minimum Gasteiger partial charge on any atom is -0.326 e. The zero-order valence-electron chi connectivity index (χ0n) is 5.96. The van der Waals surface area contributed by atoms with Crippen molar-refractivity contribution in [2.24, 2.45) is 0 Å². The molecular formula is C7H13OS-. The van der Waals surface area contributed by atoms with Crippen molar-refractivity contribution >= 4 is 10.8 Å². The van der Waals surface area contributed by atoms with Crippen LogP contribution in [0, 0.1) is 6.42 Å². The van der Waals surface area contributed by atoms with E-state index in [0.29, 0.717) is 10.5 Å². The Morgan fingerprint density at radius 2 is 1.78 bits per heavy atom. The van der Waals surface area contributed by atoms with E-state index < -0.39 is 10.8 Å². The minimum absolute atomic E-state index is 0.397. The molecule has 0 saturated carbocycles. The summed E-state index contributed by atoms with van der Waals surface area (Å²) in [5.41, 5.74) is 0. The topological polar surface area (TPSA) is 17.1 Å². The highest BCUT2D eigenvalue weighted by Gasteiger charge is 2.16. The molecule has 1 aliphatic heterocycles. The van der Waals surface area contributed by atoms with Gasteiger partial charge < -0.3 is 6.42 Å². The summed E-state index contributed by atoms with van der Waals surface area (Å²) >= 11 is 0. The molecule has 1 heterocycles. The third-order valence-corrected chi connectivity index (χ3v) is 3.76. The van der Waals surface area contributed by atoms with Crippen LogP contribution < -0.4 is 0 Å². The average Bonchev–Trinajstić information content (AvgIpc) is 1.83. The fourth-order valence-corrected chi connectivity index (χ4v) is 2.60. The normalized spacial score (nSPS) is 44.9. The first kappa shape index (κ1) is 7.26. The van der Waals surface area contributed by atoms with Gasteiger partial charge in [-0.15, -0.1) is 0 Å². The summed E-state index contributed by atoms with van der Waals surface area (Å²) in [6.45, 7) is 4.12. The molecule has 2 unspecified atom stereocenters. The molecule has 54 valence electrons. The lowest BCUT2D eigenvalue weighted by Gasteiger charge is -2.30. The first-order chi connectivity index (χ1) is 4.22. The van der Waals surface area contributed by atoms with E-state index in [1.54, 1.807) is 0 Å². The maximum Gasteiger partial charge on any atom is 0.0216 e. The van der Waals surface area contributed by atoms with Crippen molar-refractivity contribution in [3.63, 3.8) is 0 Å². The highest BCUT2D eigenvalue weighted by molar-refractivity contribution is 7.86. The maximum absolute atomic E-state index is 11.2. The molecule has 1 aliphatic rings. The second-order valence-electron chi connectivity index (χ2n) is 2.71. The van der Waals surface area contributed by atoms with Gasteiger partial charge in [-0.05, 0) is 0 Å². The van der Waals surface area contributed by atoms with Gasteiger partial charge in [0, 0.05) is 21.3 Å². The van der Waals surface area contributed by atoms with Gasteiger partial charge in [-0.1, -0.05) is 13.8 Å². The van der Waals surface area contributed by atoms with Crippen molar-refractivity contribution in [2.45, 2.75) is 37.2 Å². The molecule has 1 saturated heterocycles. The van der Waals surface area contributed by atoms with Gasteiger partial charge in [0.25, 0.3) is 0 Å². The van der Waals surface area contributed by atoms with Crippen LogP contribution in [-0.4, -0.2) is 14.7 Å². The van der Waals surface area contributed by atoms with Crippen LogP contribution in [-0.2, 0) is 10.8 Å². The smallest absolute Gasteiger partial charge is 0.0216 e. The van der Waals surface area contributed by atoms with Crippen LogP contribution >= 0.6 is 0 Å². The SMILES string of the molecule is CC1C[CH-]CC(C)S1=O. The van der Waals surface area contributed by atoms with E-state index >= 15 is 0 Å². The molecule has 0 N–H and O–H groups in total. The van der Waals surface area contributed by atoms with Gasteiger partial charge in [-0.3, -0.25) is 4.21 Å². The average molecular weight is 145 g/mol. The number of hydrogen-bond acceptors (Lipinski definition) is 1. The fourth-order valence-electron chi connectivity index (χ4n) is 1.15. The molecule has 0 aromatic rings. The summed E-state index contributed by atoms with van der Waals surface area (Å²) in [6.07, 6.45) is 4.32. The second-order valence-corrected chi connectivity index (χ2v) is 4.98. The summed E-state index contributed by atoms with van der Waals surface area (Å²) in [6, 6.07) is 0. The molecule has 0 radical (unpaired) electrons. The Kier molecular flexibility index (Phi) is 2.28. The predicted octanol–water partition coefficient (Wildman–Crippen LogP) is 1.51. The van der Waals surface area contributed by atoms with Crippen molar-refractivity contribution in [3.05, 3.63) is 6.42 Å². The first-order valence-corrected chi connectivity index (χ1v) is 4.70. The Labute approximate surface area is 59.3 Å². The largest absolute Gasteiger partial charge is 0.326 e. The zero-order chi connectivity index (χ0) is 6.85. The van der Waals surface area contributed by atoms with Gasteiger partial charge in [-0.25, -0.2) is 0 Å². The van der Waals surface area contributed by atoms with E-state index in [4.69, 9.17) is 0 Å². The molecule has 0 bridgehead atoms. The van der Waals surface area contributed by atoms with E-state index in [9.17, 15) is 4.21 Å². The predicted molar refractivity (Wildman–Crippen MR) is 40.6 cm³/mol. The molecule has 0 aromatic heterocycles. The minimum atomic E-state index is -0.561. The van der Waals surface area contributed by atoms with Crippen LogP contribution in [0.3, 0.4) is 0 Å². The van der Waals surface area contributed by atoms with Crippen LogP contribution in [0.4, 0.5) is 0 Å². The lowest BCUT2D eigenvalue weighted by atomic mass is 10.1. The van der Waals surface area contributed by atoms with Gasteiger partial charge in [0.1, 0.15) is 0 Å². The van der Waals surface area contributed by atoms with Crippen molar-refractivity contribution in [2.75, 3.05) is 0 Å². The summed E-state index contributed by atoms with van der Waals surface area (Å²) in [5.74, 6) is 0. The van der Waals surface area contributed by atoms with Crippen LogP contribution in [0.1, 0.15) is 26.7 Å². The summed E-state index contributed by atoms with van der Waals surface area (Å²) in [4.78, 5) is 0. The Bertz CT molecular complexity index is 110. The standard InChI is InChI=1S/C7H13OS/c1-6-4-3-5-7(2)9(6)8/h3,6-7H,4-5H2,1-2H3/q-1. The number of rotatable bonds is 0. The van der Waals surface area contributed by atoms with E-state index in [1.165, 1.54) is 0 Å².